The van der Waals surface area contributed by atoms with Gasteiger partial charge < -0.3 is 0 Å². The van der Waals surface area contributed by atoms with Crippen molar-refractivity contribution < 1.29 is 30.8 Å². The molecule has 0 fully saturated rings. The maximum Gasteiger partial charge on any atom is 0.455 e. The van der Waals surface area contributed by atoms with Crippen LogP contribution in [0, 0.1) is 17.1 Å². The van der Waals surface area contributed by atoms with Crippen molar-refractivity contribution in [2.75, 3.05) is 15.9 Å². The quantitative estimate of drug-likeness (QED) is 0.454. The van der Waals surface area contributed by atoms with Gasteiger partial charge in [0, 0.05) is 0 Å². The minimum atomic E-state index is -5.13. The molecule has 7 nitrogen and oxygen atoms in total. The number of carbonyl (C=O) groups excluding carboxylic acids is 1. The molecule has 12 heteroatoms. The van der Waals surface area contributed by atoms with Crippen molar-refractivity contribution in [2.45, 2.75) is 13.1 Å². The van der Waals surface area contributed by atoms with E-state index in [1.807, 2.05) is 10.1 Å². The van der Waals surface area contributed by atoms with Crippen LogP contribution in [-0.4, -0.2) is 32.3 Å². The average molecular weight is 366 g/mol. The Morgan fingerprint density at radius 1 is 1.38 bits per heavy atom. The van der Waals surface area contributed by atoms with Crippen LogP contribution in [0.15, 0.2) is 17.2 Å². The molecule has 0 aliphatic carbocycles. The lowest BCUT2D eigenvalue weighted by Crippen LogP contribution is -2.24. The number of nitrogens with one attached hydrogen (secondary N) is 2. The molecule has 0 saturated heterocycles. The van der Waals surface area contributed by atoms with Crippen molar-refractivity contribution in [1.29, 1.82) is 5.26 Å². The van der Waals surface area contributed by atoms with Crippen LogP contribution >= 0.6 is 0 Å². The number of hydrogen-bond donors (Lipinski definition) is 2. The standard InChI is InChI=1S/C12H10F4N4O3S/c1-2-24(22,23)20-9-4-10(8(13)3-7(9)5-17)19-18-6-11(21)12(14,15)16/h3-4,6,19-20H,2H2,1H3. The molecule has 0 radical (unpaired) electrons. The summed E-state index contributed by atoms with van der Waals surface area (Å²) in [5, 5.41) is 11.8. The largest absolute Gasteiger partial charge is 0.455 e. The molecule has 1 aromatic carbocycles. The second-order valence-corrected chi connectivity index (χ2v) is 6.24. The summed E-state index contributed by atoms with van der Waals surface area (Å²) < 4.78 is 74.7. The molecule has 1 aromatic rings. The zero-order valence-electron chi connectivity index (χ0n) is 12.0. The summed E-state index contributed by atoms with van der Waals surface area (Å²) in [5.41, 5.74) is 0.674. The van der Waals surface area contributed by atoms with E-state index >= 15 is 0 Å². The van der Waals surface area contributed by atoms with E-state index in [0.717, 1.165) is 6.07 Å². The predicted molar refractivity (Wildman–Crippen MR) is 77.4 cm³/mol. The highest BCUT2D eigenvalue weighted by molar-refractivity contribution is 7.92. The van der Waals surface area contributed by atoms with Gasteiger partial charge >= 0.3 is 6.18 Å². The summed E-state index contributed by atoms with van der Waals surface area (Å²) >= 11 is 0. The van der Waals surface area contributed by atoms with Crippen LogP contribution < -0.4 is 10.1 Å². The van der Waals surface area contributed by atoms with Crippen LogP contribution in [-0.2, 0) is 14.8 Å². The molecule has 0 bridgehead atoms. The lowest BCUT2D eigenvalue weighted by molar-refractivity contribution is -0.162. The van der Waals surface area contributed by atoms with Gasteiger partial charge in [0.15, 0.2) is 0 Å². The monoisotopic (exact) mass is 366 g/mol. The van der Waals surface area contributed by atoms with E-state index in [-0.39, 0.29) is 23.2 Å². The fraction of sp³-hybridized carbons (Fsp3) is 0.250. The van der Waals surface area contributed by atoms with Crippen molar-refractivity contribution in [2.24, 2.45) is 5.10 Å². The van der Waals surface area contributed by atoms with Crippen LogP contribution in [0.1, 0.15) is 12.5 Å². The number of benzene rings is 1. The highest BCUT2D eigenvalue weighted by atomic mass is 32.2. The van der Waals surface area contributed by atoms with Crippen molar-refractivity contribution >= 4 is 33.4 Å². The smallest absolute Gasteiger partial charge is 0.283 e. The lowest BCUT2D eigenvalue weighted by atomic mass is 10.2. The number of nitrogens with zero attached hydrogens (tertiary/aromatic N) is 2. The zero-order valence-corrected chi connectivity index (χ0v) is 12.8. The fourth-order valence-electron chi connectivity index (χ4n) is 1.31. The van der Waals surface area contributed by atoms with E-state index in [4.69, 9.17) is 5.26 Å². The van der Waals surface area contributed by atoms with Crippen LogP contribution in [0.2, 0.25) is 0 Å². The van der Waals surface area contributed by atoms with Crippen LogP contribution in [0.25, 0.3) is 0 Å². The molecular formula is C12H10F4N4O3S. The number of anilines is 2. The predicted octanol–water partition coefficient (Wildman–Crippen LogP) is 1.99. The number of halogens is 4. The Hall–Kier alpha value is -2.68. The molecule has 0 aromatic heterocycles. The summed E-state index contributed by atoms with van der Waals surface area (Å²) in [4.78, 5) is 10.6. The van der Waals surface area contributed by atoms with Gasteiger partial charge in [0.25, 0.3) is 5.78 Å². The van der Waals surface area contributed by atoms with Gasteiger partial charge in [0.1, 0.15) is 11.9 Å². The van der Waals surface area contributed by atoms with E-state index in [1.54, 1.807) is 6.07 Å². The molecule has 130 valence electrons. The van der Waals surface area contributed by atoms with E-state index in [9.17, 15) is 30.8 Å². The molecule has 0 amide bonds. The van der Waals surface area contributed by atoms with Gasteiger partial charge in [-0.05, 0) is 19.1 Å². The molecule has 0 aliphatic heterocycles. The molecule has 0 heterocycles. The first-order valence-corrected chi connectivity index (χ1v) is 7.79. The van der Waals surface area contributed by atoms with E-state index < -0.39 is 33.5 Å². The highest BCUT2D eigenvalue weighted by Crippen LogP contribution is 2.25. The molecule has 1 rings (SSSR count). The van der Waals surface area contributed by atoms with E-state index in [1.165, 1.54) is 6.92 Å². The molecule has 0 saturated carbocycles. The summed E-state index contributed by atoms with van der Waals surface area (Å²) in [6.07, 6.45) is -5.23. The normalized spacial score (nSPS) is 12.0. The number of hydrogen-bond acceptors (Lipinski definition) is 6. The van der Waals surface area contributed by atoms with Crippen molar-refractivity contribution in [3.8, 4) is 6.07 Å². The number of ketones is 1. The van der Waals surface area contributed by atoms with Crippen LogP contribution in [0.4, 0.5) is 28.9 Å². The van der Waals surface area contributed by atoms with Crippen molar-refractivity contribution in [1.82, 2.24) is 0 Å². The topological polar surface area (TPSA) is 111 Å². The first kappa shape index (κ1) is 19.4. The molecule has 24 heavy (non-hydrogen) atoms. The first-order chi connectivity index (χ1) is 11.0. The van der Waals surface area contributed by atoms with Crippen molar-refractivity contribution in [3.05, 3.63) is 23.5 Å². The Morgan fingerprint density at radius 3 is 2.50 bits per heavy atom. The van der Waals surface area contributed by atoms with Crippen LogP contribution in [0.5, 0.6) is 0 Å². The van der Waals surface area contributed by atoms with Gasteiger partial charge in [-0.3, -0.25) is 14.9 Å². The SMILES string of the molecule is CCS(=O)(=O)Nc1cc(NN=CC(=O)C(F)(F)F)c(F)cc1C#N. The molecule has 0 spiro atoms. The number of rotatable bonds is 6. The highest BCUT2D eigenvalue weighted by Gasteiger charge is 2.36. The molecule has 2 N–H and O–H groups in total. The third-order valence-corrected chi connectivity index (χ3v) is 3.81. The second-order valence-electron chi connectivity index (χ2n) is 4.23. The van der Waals surface area contributed by atoms with Gasteiger partial charge in [-0.15, -0.1) is 0 Å². The number of sulfonamides is 1. The Kier molecular flexibility index (Phi) is 5.86. The fourth-order valence-corrected chi connectivity index (χ4v) is 1.96. The maximum atomic E-state index is 13.7. The Balaban J connectivity index is 3.11. The first-order valence-electron chi connectivity index (χ1n) is 6.14. The van der Waals surface area contributed by atoms with Gasteiger partial charge in [-0.25, -0.2) is 12.8 Å². The number of nitriles is 1. The average Bonchev–Trinajstić information content (AvgIpc) is 2.48. The zero-order chi connectivity index (χ0) is 18.5. The minimum Gasteiger partial charge on any atom is -0.283 e. The molecule has 0 unspecified atom stereocenters. The summed E-state index contributed by atoms with van der Waals surface area (Å²) in [5.74, 6) is -3.67. The third kappa shape index (κ3) is 5.20. The third-order valence-electron chi connectivity index (χ3n) is 2.52. The van der Waals surface area contributed by atoms with Gasteiger partial charge in [-0.2, -0.15) is 23.5 Å². The van der Waals surface area contributed by atoms with Gasteiger partial charge in [0.2, 0.25) is 10.0 Å². The number of hydrazone groups is 1. The Bertz CT molecular complexity index is 813. The van der Waals surface area contributed by atoms with E-state index in [0.29, 0.717) is 6.07 Å². The van der Waals surface area contributed by atoms with Crippen LogP contribution in [0.3, 0.4) is 0 Å². The summed E-state index contributed by atoms with van der Waals surface area (Å²) in [6.45, 7) is 1.32. The molecule has 0 atom stereocenters. The van der Waals surface area contributed by atoms with E-state index in [2.05, 4.69) is 5.10 Å². The number of carbonyl (C=O) groups is 1. The number of alkyl halides is 3. The van der Waals surface area contributed by atoms with Crippen molar-refractivity contribution in [3.63, 3.8) is 0 Å². The second kappa shape index (κ2) is 7.26. The molecule has 0 aliphatic rings. The number of Topliss-reactive ketones (excluding diaryl/α,β-unsaturated/α-hetero) is 1. The molecular weight excluding hydrogens is 356 g/mol. The van der Waals surface area contributed by atoms with Gasteiger partial charge in [0.05, 0.1) is 28.9 Å². The maximum absolute atomic E-state index is 13.7. The van der Waals surface area contributed by atoms with Gasteiger partial charge in [-0.1, -0.05) is 0 Å². The lowest BCUT2D eigenvalue weighted by Gasteiger charge is -2.10. The Morgan fingerprint density at radius 2 is 2.00 bits per heavy atom. The minimum absolute atomic E-state index is 0.104. The summed E-state index contributed by atoms with van der Waals surface area (Å²) in [7, 11) is -3.78. The Labute approximate surface area is 134 Å². The summed E-state index contributed by atoms with van der Waals surface area (Å²) in [6, 6.07) is 3.06.